The maximum atomic E-state index is 11.2. The molecular weight excluding hydrogens is 162 g/mol. The first-order valence-electron chi connectivity index (χ1n) is 3.02. The van der Waals surface area contributed by atoms with Crippen molar-refractivity contribution in [1.29, 1.82) is 4.78 Å². The SMILES string of the molecule is Cc1ncncc1S(C)(=N)=O. The number of hydrogen-bond donors (Lipinski definition) is 1. The van der Waals surface area contributed by atoms with Crippen molar-refractivity contribution in [3.63, 3.8) is 0 Å². The van der Waals surface area contributed by atoms with Crippen LogP contribution in [0, 0.1) is 11.7 Å². The van der Waals surface area contributed by atoms with Gasteiger partial charge in [0.15, 0.2) is 0 Å². The highest BCUT2D eigenvalue weighted by Crippen LogP contribution is 2.09. The van der Waals surface area contributed by atoms with Crippen LogP contribution in [0.15, 0.2) is 17.4 Å². The van der Waals surface area contributed by atoms with Crippen LogP contribution in [-0.2, 0) is 9.73 Å². The molecule has 4 nitrogen and oxygen atoms in total. The van der Waals surface area contributed by atoms with Gasteiger partial charge in [0.1, 0.15) is 6.33 Å². The van der Waals surface area contributed by atoms with Gasteiger partial charge in [-0.25, -0.2) is 19.0 Å². The van der Waals surface area contributed by atoms with Crippen molar-refractivity contribution >= 4 is 9.73 Å². The Kier molecular flexibility index (Phi) is 1.90. The molecule has 1 aromatic heterocycles. The third-order valence-electron chi connectivity index (χ3n) is 1.29. The lowest BCUT2D eigenvalue weighted by Crippen LogP contribution is -2.00. The molecule has 5 heteroatoms. The number of rotatable bonds is 1. The van der Waals surface area contributed by atoms with Crippen molar-refractivity contribution in [2.75, 3.05) is 6.26 Å². The van der Waals surface area contributed by atoms with E-state index in [4.69, 9.17) is 4.78 Å². The number of nitrogens with one attached hydrogen (secondary N) is 1. The molecule has 0 fully saturated rings. The molecule has 0 aliphatic rings. The van der Waals surface area contributed by atoms with Gasteiger partial charge in [-0.15, -0.1) is 0 Å². The van der Waals surface area contributed by atoms with Crippen LogP contribution in [0.25, 0.3) is 0 Å². The monoisotopic (exact) mass is 171 g/mol. The Labute approximate surface area is 65.7 Å². The van der Waals surface area contributed by atoms with Gasteiger partial charge in [0.2, 0.25) is 0 Å². The van der Waals surface area contributed by atoms with E-state index in [1.807, 2.05) is 0 Å². The zero-order chi connectivity index (χ0) is 8.48. The number of aryl methyl sites for hydroxylation is 1. The molecule has 1 N–H and O–H groups in total. The summed E-state index contributed by atoms with van der Waals surface area (Å²) in [6.07, 6.45) is 4.17. The Morgan fingerprint density at radius 3 is 2.64 bits per heavy atom. The third kappa shape index (κ3) is 1.74. The van der Waals surface area contributed by atoms with Crippen molar-refractivity contribution in [1.82, 2.24) is 9.97 Å². The minimum absolute atomic E-state index is 0.417. The van der Waals surface area contributed by atoms with Crippen LogP contribution >= 0.6 is 0 Å². The Bertz CT molecular complexity index is 358. The van der Waals surface area contributed by atoms with Gasteiger partial charge in [0.25, 0.3) is 0 Å². The van der Waals surface area contributed by atoms with Gasteiger partial charge in [-0.2, -0.15) is 0 Å². The summed E-state index contributed by atoms with van der Waals surface area (Å²) in [4.78, 5) is 7.95. The highest BCUT2D eigenvalue weighted by molar-refractivity contribution is 7.91. The second-order valence-corrected chi connectivity index (χ2v) is 4.44. The molecule has 0 amide bonds. The van der Waals surface area contributed by atoms with E-state index in [1.54, 1.807) is 6.92 Å². The molecule has 1 aromatic rings. The molecule has 0 aliphatic heterocycles. The van der Waals surface area contributed by atoms with Crippen LogP contribution in [0.5, 0.6) is 0 Å². The fourth-order valence-electron chi connectivity index (χ4n) is 0.760. The standard InChI is InChI=1S/C6H9N3OS/c1-5-6(11(2,7)10)3-8-4-9-5/h3-4,7H,1-2H3. The van der Waals surface area contributed by atoms with Crippen LogP contribution in [0.2, 0.25) is 0 Å². The summed E-state index contributed by atoms with van der Waals surface area (Å²) in [6.45, 7) is 1.72. The first kappa shape index (κ1) is 8.13. The lowest BCUT2D eigenvalue weighted by atomic mass is 10.5. The summed E-state index contributed by atoms with van der Waals surface area (Å²) in [5.74, 6) is 0. The number of aromatic nitrogens is 2. The second kappa shape index (κ2) is 2.58. The Morgan fingerprint density at radius 2 is 2.27 bits per heavy atom. The van der Waals surface area contributed by atoms with Crippen molar-refractivity contribution in [3.05, 3.63) is 18.2 Å². The Balaban J connectivity index is 3.37. The van der Waals surface area contributed by atoms with Gasteiger partial charge in [0, 0.05) is 12.5 Å². The lowest BCUT2D eigenvalue weighted by molar-refractivity contribution is 0.677. The van der Waals surface area contributed by atoms with E-state index in [0.717, 1.165) is 0 Å². The molecule has 1 unspecified atom stereocenters. The minimum atomic E-state index is -2.66. The zero-order valence-electron chi connectivity index (χ0n) is 6.37. The first-order chi connectivity index (χ1) is 5.02. The van der Waals surface area contributed by atoms with E-state index < -0.39 is 9.73 Å². The van der Waals surface area contributed by atoms with E-state index in [2.05, 4.69) is 9.97 Å². The molecular formula is C6H9N3OS. The van der Waals surface area contributed by atoms with Crippen LogP contribution in [0.1, 0.15) is 5.69 Å². The minimum Gasteiger partial charge on any atom is -0.249 e. The molecule has 1 heterocycles. The van der Waals surface area contributed by atoms with Gasteiger partial charge in [-0.1, -0.05) is 0 Å². The van der Waals surface area contributed by atoms with Gasteiger partial charge in [-0.05, 0) is 6.92 Å². The molecule has 11 heavy (non-hydrogen) atoms. The average Bonchev–Trinajstić information content (AvgIpc) is 1.86. The van der Waals surface area contributed by atoms with E-state index in [1.165, 1.54) is 18.8 Å². The van der Waals surface area contributed by atoms with Crippen molar-refractivity contribution in [2.24, 2.45) is 0 Å². The number of nitrogens with zero attached hydrogens (tertiary/aromatic N) is 2. The molecule has 1 rings (SSSR count). The molecule has 0 bridgehead atoms. The number of hydrogen-bond acceptors (Lipinski definition) is 4. The zero-order valence-corrected chi connectivity index (χ0v) is 7.18. The van der Waals surface area contributed by atoms with Crippen LogP contribution < -0.4 is 0 Å². The summed E-state index contributed by atoms with van der Waals surface area (Å²) < 4.78 is 18.5. The van der Waals surface area contributed by atoms with E-state index in [0.29, 0.717) is 10.6 Å². The Hall–Kier alpha value is -0.970. The quantitative estimate of drug-likeness (QED) is 0.680. The summed E-state index contributed by atoms with van der Waals surface area (Å²) in [6, 6.07) is 0. The molecule has 0 saturated heterocycles. The average molecular weight is 171 g/mol. The van der Waals surface area contributed by atoms with Crippen molar-refractivity contribution < 1.29 is 4.21 Å². The summed E-state index contributed by atoms with van der Waals surface area (Å²) in [5.41, 5.74) is 0.613. The van der Waals surface area contributed by atoms with E-state index in [9.17, 15) is 4.21 Å². The molecule has 0 spiro atoms. The molecule has 0 radical (unpaired) electrons. The lowest BCUT2D eigenvalue weighted by Gasteiger charge is -2.01. The third-order valence-corrected chi connectivity index (χ3v) is 2.53. The highest BCUT2D eigenvalue weighted by atomic mass is 32.2. The fraction of sp³-hybridized carbons (Fsp3) is 0.333. The van der Waals surface area contributed by atoms with Gasteiger partial charge >= 0.3 is 0 Å². The van der Waals surface area contributed by atoms with E-state index in [-0.39, 0.29) is 0 Å². The molecule has 1 atom stereocenters. The largest absolute Gasteiger partial charge is 0.249 e. The first-order valence-corrected chi connectivity index (χ1v) is 4.99. The smallest absolute Gasteiger partial charge is 0.115 e. The van der Waals surface area contributed by atoms with Crippen LogP contribution in [-0.4, -0.2) is 20.4 Å². The normalized spacial score (nSPS) is 15.8. The van der Waals surface area contributed by atoms with Crippen LogP contribution in [0.4, 0.5) is 0 Å². The topological polar surface area (TPSA) is 66.7 Å². The predicted octanol–water partition coefficient (Wildman–Crippen LogP) is 0.820. The van der Waals surface area contributed by atoms with Crippen molar-refractivity contribution in [3.8, 4) is 0 Å². The second-order valence-electron chi connectivity index (χ2n) is 2.32. The van der Waals surface area contributed by atoms with Gasteiger partial charge < -0.3 is 0 Å². The summed E-state index contributed by atoms with van der Waals surface area (Å²) in [7, 11) is -2.66. The summed E-state index contributed by atoms with van der Waals surface area (Å²) in [5, 5.41) is 0. The Morgan fingerprint density at radius 1 is 1.64 bits per heavy atom. The van der Waals surface area contributed by atoms with Gasteiger partial charge in [-0.3, -0.25) is 0 Å². The van der Waals surface area contributed by atoms with Gasteiger partial charge in [0.05, 0.1) is 20.3 Å². The summed E-state index contributed by atoms with van der Waals surface area (Å²) >= 11 is 0. The molecule has 60 valence electrons. The predicted molar refractivity (Wildman–Crippen MR) is 41.8 cm³/mol. The maximum Gasteiger partial charge on any atom is 0.115 e. The highest BCUT2D eigenvalue weighted by Gasteiger charge is 2.06. The molecule has 0 aliphatic carbocycles. The van der Waals surface area contributed by atoms with Crippen LogP contribution in [0.3, 0.4) is 0 Å². The fourth-order valence-corrected chi connectivity index (χ4v) is 1.64. The molecule has 0 aromatic carbocycles. The van der Waals surface area contributed by atoms with Crippen molar-refractivity contribution in [2.45, 2.75) is 11.8 Å². The van der Waals surface area contributed by atoms with E-state index >= 15 is 0 Å². The molecule has 0 saturated carbocycles. The maximum absolute atomic E-state index is 11.2.